The Balaban J connectivity index is 0.000000500. The number of aryl methyl sites for hydroxylation is 1. The lowest BCUT2D eigenvalue weighted by Crippen LogP contribution is -1.99. The van der Waals surface area contributed by atoms with Gasteiger partial charge in [0.25, 0.3) is 10.1 Å². The molecule has 0 aliphatic rings. The summed E-state index contributed by atoms with van der Waals surface area (Å²) in [6.45, 7) is 1.63. The van der Waals surface area contributed by atoms with Crippen molar-refractivity contribution >= 4 is 22.7 Å². The van der Waals surface area contributed by atoms with Crippen LogP contribution in [0.1, 0.15) is 5.56 Å². The van der Waals surface area contributed by atoms with Gasteiger partial charge in [-0.25, -0.2) is 0 Å². The summed E-state index contributed by atoms with van der Waals surface area (Å²) >= 11 is 3.09. The van der Waals surface area contributed by atoms with Crippen molar-refractivity contribution in [2.45, 2.75) is 11.8 Å². The van der Waals surface area contributed by atoms with Crippen LogP contribution in [0.15, 0.2) is 29.2 Å². The normalized spacial score (nSPS) is 9.57. The predicted molar refractivity (Wildman–Crippen MR) is 55.6 cm³/mol. The van der Waals surface area contributed by atoms with Crippen LogP contribution in [0, 0.1) is 17.6 Å². The molecule has 0 spiro atoms. The van der Waals surface area contributed by atoms with Crippen LogP contribution in [0.2, 0.25) is 0 Å². The third-order valence-electron chi connectivity index (χ3n) is 1.37. The summed E-state index contributed by atoms with van der Waals surface area (Å²) < 4.78 is 29.9. The lowest BCUT2D eigenvalue weighted by atomic mass is 10.2. The quantitative estimate of drug-likeness (QED) is 0.437. The van der Waals surface area contributed by atoms with Crippen molar-refractivity contribution in [3.8, 4) is 5.40 Å². The fraction of sp³-hybridized carbons (Fsp3) is 0.125. The van der Waals surface area contributed by atoms with Crippen LogP contribution in [0.25, 0.3) is 0 Å². The molecule has 0 aliphatic heterocycles. The molecule has 1 rings (SSSR count). The van der Waals surface area contributed by atoms with E-state index >= 15 is 0 Å². The topological polar surface area (TPSA) is 78.2 Å². The molecule has 0 atom stereocenters. The molecule has 0 unspecified atom stereocenters. The van der Waals surface area contributed by atoms with E-state index in [1.807, 2.05) is 0 Å². The zero-order valence-electron chi connectivity index (χ0n) is 7.38. The first-order valence-electron chi connectivity index (χ1n) is 3.49. The van der Waals surface area contributed by atoms with Gasteiger partial charge in [0.05, 0.1) is 4.90 Å². The fourth-order valence-corrected chi connectivity index (χ4v) is 1.57. The average molecular weight is 231 g/mol. The highest BCUT2D eigenvalue weighted by Gasteiger charge is 2.10. The van der Waals surface area contributed by atoms with Crippen LogP contribution >= 0.6 is 12.6 Å². The first kappa shape index (κ1) is 13.0. The van der Waals surface area contributed by atoms with Crippen molar-refractivity contribution in [3.05, 3.63) is 29.8 Å². The Morgan fingerprint density at radius 3 is 2.14 bits per heavy atom. The van der Waals surface area contributed by atoms with E-state index in [1.165, 1.54) is 11.5 Å². The fourth-order valence-electron chi connectivity index (χ4n) is 0.846. The third-order valence-corrected chi connectivity index (χ3v) is 2.39. The average Bonchev–Trinajstić information content (AvgIpc) is 2.04. The van der Waals surface area contributed by atoms with Crippen molar-refractivity contribution in [2.24, 2.45) is 0 Å². The second kappa shape index (κ2) is 5.65. The molecule has 0 bridgehead atoms. The van der Waals surface area contributed by atoms with E-state index in [9.17, 15) is 8.42 Å². The Morgan fingerprint density at radius 2 is 1.86 bits per heavy atom. The Morgan fingerprint density at radius 1 is 1.43 bits per heavy atom. The number of hydrogen-bond donors (Lipinski definition) is 2. The first-order valence-corrected chi connectivity index (χ1v) is 5.38. The molecule has 0 saturated heterocycles. The molecule has 0 aromatic heterocycles. The second-order valence-corrected chi connectivity index (χ2v) is 3.93. The molecule has 6 heteroatoms. The molecule has 0 saturated carbocycles. The molecule has 76 valence electrons. The minimum atomic E-state index is -4.03. The molecule has 0 radical (unpaired) electrons. The number of benzene rings is 1. The molecule has 1 N–H and O–H groups in total. The highest BCUT2D eigenvalue weighted by Crippen LogP contribution is 2.12. The standard InChI is InChI=1S/C7H8O3S.CHNS/c1-6-4-2-3-5-7(6)11(8,9)10;2-1-3/h2-5H,1H3,(H,8,9,10);3H. The van der Waals surface area contributed by atoms with Crippen LogP contribution in [0.4, 0.5) is 0 Å². The Bertz CT molecular complexity index is 434. The van der Waals surface area contributed by atoms with E-state index < -0.39 is 10.1 Å². The summed E-state index contributed by atoms with van der Waals surface area (Å²) in [7, 11) is -4.03. The van der Waals surface area contributed by atoms with Crippen LogP contribution in [0.3, 0.4) is 0 Å². The lowest BCUT2D eigenvalue weighted by molar-refractivity contribution is 0.482. The minimum Gasteiger partial charge on any atom is -0.282 e. The predicted octanol–water partition coefficient (Wildman–Crippen LogP) is 1.64. The van der Waals surface area contributed by atoms with E-state index in [0.29, 0.717) is 5.56 Å². The third kappa shape index (κ3) is 4.28. The van der Waals surface area contributed by atoms with E-state index in [4.69, 9.17) is 9.81 Å². The molecule has 1 aromatic rings. The van der Waals surface area contributed by atoms with Crippen molar-refractivity contribution < 1.29 is 13.0 Å². The maximum atomic E-state index is 10.6. The Hall–Kier alpha value is -1.03. The van der Waals surface area contributed by atoms with E-state index in [2.05, 4.69) is 12.6 Å². The van der Waals surface area contributed by atoms with Gasteiger partial charge in [-0.05, 0) is 18.6 Å². The second-order valence-electron chi connectivity index (χ2n) is 2.34. The molecule has 0 heterocycles. The van der Waals surface area contributed by atoms with E-state index in [-0.39, 0.29) is 4.90 Å². The monoisotopic (exact) mass is 231 g/mol. The van der Waals surface area contributed by atoms with Gasteiger partial charge in [-0.15, -0.1) is 0 Å². The molecule has 1 aromatic carbocycles. The smallest absolute Gasteiger partial charge is 0.282 e. The van der Waals surface area contributed by atoms with Crippen molar-refractivity contribution in [1.29, 1.82) is 5.26 Å². The number of thiol groups is 1. The van der Waals surface area contributed by atoms with Crippen LogP contribution in [-0.4, -0.2) is 13.0 Å². The van der Waals surface area contributed by atoms with E-state index in [0.717, 1.165) is 0 Å². The number of nitriles is 1. The van der Waals surface area contributed by atoms with Crippen molar-refractivity contribution in [3.63, 3.8) is 0 Å². The van der Waals surface area contributed by atoms with Gasteiger partial charge < -0.3 is 0 Å². The lowest BCUT2D eigenvalue weighted by Gasteiger charge is -1.99. The Kier molecular flexibility index (Phi) is 5.23. The van der Waals surface area contributed by atoms with Crippen molar-refractivity contribution in [1.82, 2.24) is 0 Å². The number of nitrogens with zero attached hydrogens (tertiary/aromatic N) is 1. The summed E-state index contributed by atoms with van der Waals surface area (Å²) in [5.74, 6) is 0. The van der Waals surface area contributed by atoms with Gasteiger partial charge in [0.1, 0.15) is 5.40 Å². The van der Waals surface area contributed by atoms with Gasteiger partial charge in [-0.1, -0.05) is 30.8 Å². The largest absolute Gasteiger partial charge is 0.294 e. The molecule has 0 fully saturated rings. The highest BCUT2D eigenvalue weighted by atomic mass is 32.2. The SMILES string of the molecule is Cc1ccccc1S(=O)(=O)O.N#CS. The van der Waals surface area contributed by atoms with Gasteiger partial charge in [0.15, 0.2) is 0 Å². The minimum absolute atomic E-state index is 0.0278. The maximum absolute atomic E-state index is 10.6. The summed E-state index contributed by atoms with van der Waals surface area (Å²) in [6, 6.07) is 6.27. The molecule has 4 nitrogen and oxygen atoms in total. The zero-order valence-corrected chi connectivity index (χ0v) is 9.09. The summed E-state index contributed by atoms with van der Waals surface area (Å²) in [5, 5.41) is 8.63. The first-order chi connectivity index (χ1) is 6.43. The molecular weight excluding hydrogens is 222 g/mol. The van der Waals surface area contributed by atoms with Gasteiger partial charge in [0, 0.05) is 0 Å². The van der Waals surface area contributed by atoms with Crippen molar-refractivity contribution in [2.75, 3.05) is 0 Å². The summed E-state index contributed by atoms with van der Waals surface area (Å²) in [4.78, 5) is -0.0278. The van der Waals surface area contributed by atoms with Gasteiger partial charge >= 0.3 is 0 Å². The summed E-state index contributed by atoms with van der Waals surface area (Å²) in [6.07, 6.45) is 0. The molecular formula is C8H9NO3S2. The van der Waals surface area contributed by atoms with E-state index in [1.54, 1.807) is 25.1 Å². The van der Waals surface area contributed by atoms with Gasteiger partial charge in [-0.2, -0.15) is 13.7 Å². The maximum Gasteiger partial charge on any atom is 0.294 e. The Labute approximate surface area is 88.3 Å². The van der Waals surface area contributed by atoms with Crippen LogP contribution < -0.4 is 0 Å². The zero-order chi connectivity index (χ0) is 11.2. The highest BCUT2D eigenvalue weighted by molar-refractivity contribution is 7.86. The number of thiocyanates is 1. The van der Waals surface area contributed by atoms with Gasteiger partial charge in [-0.3, -0.25) is 4.55 Å². The van der Waals surface area contributed by atoms with Crippen LogP contribution in [-0.2, 0) is 10.1 Å². The summed E-state index contributed by atoms with van der Waals surface area (Å²) in [5.41, 5.74) is 0.551. The van der Waals surface area contributed by atoms with Gasteiger partial charge in [0.2, 0.25) is 0 Å². The van der Waals surface area contributed by atoms with Crippen LogP contribution in [0.5, 0.6) is 0 Å². The molecule has 14 heavy (non-hydrogen) atoms. The number of hydrogen-bond acceptors (Lipinski definition) is 4. The molecule has 0 amide bonds. The number of rotatable bonds is 1. The molecule has 0 aliphatic carbocycles.